The quantitative estimate of drug-likeness (QED) is 0.141. The Labute approximate surface area is 274 Å². The molecule has 8 rings (SSSR count). The van der Waals surface area contributed by atoms with E-state index >= 15 is 0 Å². The fraction of sp³-hybridized carbons (Fsp3) is 0.0233. The topological polar surface area (TPSA) is 45.4 Å². The second kappa shape index (κ2) is 11.9. The van der Waals surface area contributed by atoms with Gasteiger partial charge in [0.25, 0.3) is 0 Å². The number of rotatable bonds is 7. The summed E-state index contributed by atoms with van der Waals surface area (Å²) in [4.78, 5) is 0. The van der Waals surface area contributed by atoms with Crippen LogP contribution in [0.3, 0.4) is 0 Å². The number of nitrogens with zero attached hydrogens (tertiary/aromatic N) is 1. The number of hydrogen-bond donors (Lipinski definition) is 2. The monoisotopic (exact) mass is 605 g/mol. The van der Waals surface area contributed by atoms with Crippen LogP contribution in [-0.4, -0.2) is 21.7 Å². The molecule has 0 saturated heterocycles. The first-order valence-corrected chi connectivity index (χ1v) is 15.9. The van der Waals surface area contributed by atoms with E-state index in [0.717, 1.165) is 39.1 Å². The van der Waals surface area contributed by atoms with Gasteiger partial charge in [-0.2, -0.15) is 0 Å². The molecule has 3 nitrogen and oxygen atoms in total. The molecule has 2 N–H and O–H groups in total. The lowest BCUT2D eigenvalue weighted by Gasteiger charge is -2.37. The second-order valence-corrected chi connectivity index (χ2v) is 12.0. The molecule has 0 atom stereocenters. The Balaban J connectivity index is 1.29. The van der Waals surface area contributed by atoms with E-state index in [0.29, 0.717) is 5.46 Å². The fourth-order valence-electron chi connectivity index (χ4n) is 7.20. The maximum absolute atomic E-state index is 9.85. The zero-order valence-electron chi connectivity index (χ0n) is 25.7. The summed E-state index contributed by atoms with van der Waals surface area (Å²) in [6.45, 7) is 0. The van der Waals surface area contributed by atoms with Crippen molar-refractivity contribution >= 4 is 34.4 Å². The molecular weight excluding hydrogens is 573 g/mol. The van der Waals surface area contributed by atoms with Crippen LogP contribution in [0, 0.1) is 0 Å². The molecule has 8 aromatic rings. The van der Waals surface area contributed by atoms with Crippen molar-refractivity contribution in [2.45, 2.75) is 5.41 Å². The summed E-state index contributed by atoms with van der Waals surface area (Å²) in [5, 5.41) is 22.1. The van der Waals surface area contributed by atoms with Gasteiger partial charge in [0.05, 0.1) is 16.4 Å². The summed E-state index contributed by atoms with van der Waals surface area (Å²) >= 11 is 0. The number of benzene rings is 7. The Kier molecular flexibility index (Phi) is 7.30. The van der Waals surface area contributed by atoms with Gasteiger partial charge in [0.15, 0.2) is 0 Å². The molecule has 0 saturated carbocycles. The zero-order valence-corrected chi connectivity index (χ0v) is 25.7. The van der Waals surface area contributed by atoms with Gasteiger partial charge in [-0.1, -0.05) is 152 Å². The molecule has 1 heterocycles. The SMILES string of the molecule is OB(O)c1ccc(C(c2ccccc2)(c2ccccc2)c2ccc(-c3ccc4c(c3)c3ccccc3n4-c3ccccc3)cc2)cc1. The highest BCUT2D eigenvalue weighted by Gasteiger charge is 2.38. The summed E-state index contributed by atoms with van der Waals surface area (Å²) in [5.74, 6) is 0. The van der Waals surface area contributed by atoms with Crippen molar-refractivity contribution in [3.05, 3.63) is 204 Å². The number of hydrogen-bond acceptors (Lipinski definition) is 2. The van der Waals surface area contributed by atoms with Crippen molar-refractivity contribution in [1.82, 2.24) is 4.57 Å². The Bertz CT molecular complexity index is 2260. The summed E-state index contributed by atoms with van der Waals surface area (Å²) in [5.41, 5.74) is 10.1. The van der Waals surface area contributed by atoms with Crippen LogP contribution in [0.5, 0.6) is 0 Å². The standard InChI is InChI=1S/C43H32BNO2/c46-44(47)37-27-25-36(26-28-37)43(33-12-4-1-5-13-33,34-14-6-2-7-15-34)35-23-20-31(21-24-35)32-22-29-42-40(30-32)39-18-10-11-19-41(39)45(42)38-16-8-3-9-17-38/h1-30,46-47H. The van der Waals surface area contributed by atoms with Gasteiger partial charge < -0.3 is 14.6 Å². The lowest BCUT2D eigenvalue weighted by Crippen LogP contribution is -2.33. The molecule has 0 fully saturated rings. The largest absolute Gasteiger partial charge is 0.488 e. The Hall–Kier alpha value is -5.68. The Morgan fingerprint density at radius 1 is 0.404 bits per heavy atom. The zero-order chi connectivity index (χ0) is 31.8. The van der Waals surface area contributed by atoms with E-state index in [2.05, 4.69) is 150 Å². The van der Waals surface area contributed by atoms with Crippen molar-refractivity contribution in [3.8, 4) is 16.8 Å². The van der Waals surface area contributed by atoms with Gasteiger partial charge >= 0.3 is 7.12 Å². The minimum atomic E-state index is -1.52. The van der Waals surface area contributed by atoms with E-state index in [1.807, 2.05) is 24.3 Å². The first kappa shape index (κ1) is 28.8. The van der Waals surface area contributed by atoms with E-state index in [-0.39, 0.29) is 0 Å². The molecule has 7 aromatic carbocycles. The van der Waals surface area contributed by atoms with E-state index in [4.69, 9.17) is 0 Å². The van der Waals surface area contributed by atoms with Crippen molar-refractivity contribution in [3.63, 3.8) is 0 Å². The third kappa shape index (κ3) is 4.87. The summed E-state index contributed by atoms with van der Waals surface area (Å²) in [7, 11) is -1.52. The Morgan fingerprint density at radius 3 is 1.47 bits per heavy atom. The summed E-state index contributed by atoms with van der Waals surface area (Å²) in [6.07, 6.45) is 0. The van der Waals surface area contributed by atoms with Gasteiger partial charge in [-0.3, -0.25) is 0 Å². The number of para-hydroxylation sites is 2. The van der Waals surface area contributed by atoms with Crippen molar-refractivity contribution in [2.75, 3.05) is 0 Å². The van der Waals surface area contributed by atoms with Crippen LogP contribution < -0.4 is 5.46 Å². The van der Waals surface area contributed by atoms with E-state index in [1.165, 1.54) is 21.8 Å². The number of aromatic nitrogens is 1. The molecule has 0 aliphatic carbocycles. The molecule has 0 radical (unpaired) electrons. The molecule has 0 spiro atoms. The van der Waals surface area contributed by atoms with E-state index < -0.39 is 12.5 Å². The van der Waals surface area contributed by atoms with Crippen molar-refractivity contribution < 1.29 is 10.0 Å². The van der Waals surface area contributed by atoms with Gasteiger partial charge in [-0.05, 0) is 69.2 Å². The first-order chi connectivity index (χ1) is 23.1. The molecule has 0 amide bonds. The summed E-state index contributed by atoms with van der Waals surface area (Å²) < 4.78 is 2.34. The highest BCUT2D eigenvalue weighted by atomic mass is 16.4. The van der Waals surface area contributed by atoms with Gasteiger partial charge in [0, 0.05) is 16.5 Å². The highest BCUT2D eigenvalue weighted by Crippen LogP contribution is 2.45. The molecule has 0 aliphatic rings. The predicted molar refractivity (Wildman–Crippen MR) is 194 cm³/mol. The predicted octanol–water partition coefficient (Wildman–Crippen LogP) is 8.51. The maximum atomic E-state index is 9.85. The molecule has 4 heteroatoms. The van der Waals surface area contributed by atoms with Crippen molar-refractivity contribution in [1.29, 1.82) is 0 Å². The molecule has 0 unspecified atom stereocenters. The van der Waals surface area contributed by atoms with Crippen LogP contribution in [0.15, 0.2) is 182 Å². The highest BCUT2D eigenvalue weighted by molar-refractivity contribution is 6.58. The molecule has 47 heavy (non-hydrogen) atoms. The molecule has 0 aliphatic heterocycles. The molecule has 0 bridgehead atoms. The smallest absolute Gasteiger partial charge is 0.423 e. The molecule has 224 valence electrons. The lowest BCUT2D eigenvalue weighted by atomic mass is 9.64. The minimum Gasteiger partial charge on any atom is -0.423 e. The average molecular weight is 606 g/mol. The van der Waals surface area contributed by atoms with Gasteiger partial charge in [-0.25, -0.2) is 0 Å². The van der Waals surface area contributed by atoms with Gasteiger partial charge in [0.2, 0.25) is 0 Å². The maximum Gasteiger partial charge on any atom is 0.488 e. The Morgan fingerprint density at radius 2 is 0.872 bits per heavy atom. The van der Waals surface area contributed by atoms with Crippen LogP contribution >= 0.6 is 0 Å². The third-order valence-electron chi connectivity index (χ3n) is 9.39. The van der Waals surface area contributed by atoms with Crippen LogP contribution in [0.25, 0.3) is 38.6 Å². The second-order valence-electron chi connectivity index (χ2n) is 12.0. The normalized spacial score (nSPS) is 11.6. The van der Waals surface area contributed by atoms with Crippen LogP contribution in [-0.2, 0) is 5.41 Å². The van der Waals surface area contributed by atoms with Crippen LogP contribution in [0.1, 0.15) is 22.3 Å². The summed E-state index contributed by atoms with van der Waals surface area (Å²) in [6, 6.07) is 63.5. The number of fused-ring (bicyclic) bond motifs is 3. The molecule has 1 aromatic heterocycles. The average Bonchev–Trinajstić information content (AvgIpc) is 3.47. The van der Waals surface area contributed by atoms with E-state index in [1.54, 1.807) is 12.1 Å². The van der Waals surface area contributed by atoms with Crippen LogP contribution in [0.4, 0.5) is 0 Å². The first-order valence-electron chi connectivity index (χ1n) is 15.9. The third-order valence-corrected chi connectivity index (χ3v) is 9.39. The van der Waals surface area contributed by atoms with E-state index in [9.17, 15) is 10.0 Å². The van der Waals surface area contributed by atoms with Gasteiger partial charge in [0.1, 0.15) is 0 Å². The van der Waals surface area contributed by atoms with Gasteiger partial charge in [-0.15, -0.1) is 0 Å². The minimum absolute atomic E-state index is 0.461. The van der Waals surface area contributed by atoms with Crippen LogP contribution in [0.2, 0.25) is 0 Å². The molecular formula is C43H32BNO2. The lowest BCUT2D eigenvalue weighted by molar-refractivity contribution is 0.426. The van der Waals surface area contributed by atoms with Crippen molar-refractivity contribution in [2.24, 2.45) is 0 Å². The fourth-order valence-corrected chi connectivity index (χ4v) is 7.20.